The molecule has 0 aliphatic heterocycles. The number of H-pyrrole nitrogens is 1. The average molecular weight is 450 g/mol. The number of amides is 1. The van der Waals surface area contributed by atoms with Crippen LogP contribution in [0, 0.1) is 6.92 Å². The summed E-state index contributed by atoms with van der Waals surface area (Å²) < 4.78 is 23.7. The molecule has 8 heteroatoms. The van der Waals surface area contributed by atoms with E-state index in [9.17, 15) is 18.3 Å². The summed E-state index contributed by atoms with van der Waals surface area (Å²) in [5.74, 6) is -0.642. The minimum atomic E-state index is -3.42. The minimum absolute atomic E-state index is 0.108. The Bertz CT molecular complexity index is 1440. The SMILES string of the molecule is Cc1cccc(Cc2n[nH]c3cc(O)c(C(=O)N(C)c4cccc(S(C)(=O)=O)c4)cc23)c1. The number of carbonyl (C=O) groups excluding carboxylic acids is 1. The van der Waals surface area contributed by atoms with Gasteiger partial charge in [0.05, 0.1) is 21.7 Å². The Hall–Kier alpha value is -3.65. The molecule has 4 rings (SSSR count). The lowest BCUT2D eigenvalue weighted by Crippen LogP contribution is -2.26. The summed E-state index contributed by atoms with van der Waals surface area (Å²) in [6.45, 7) is 2.02. The summed E-state index contributed by atoms with van der Waals surface area (Å²) >= 11 is 0. The number of nitrogens with one attached hydrogen (secondary N) is 1. The van der Waals surface area contributed by atoms with Crippen LogP contribution in [0.5, 0.6) is 5.75 Å². The van der Waals surface area contributed by atoms with E-state index in [1.807, 2.05) is 25.1 Å². The number of fused-ring (bicyclic) bond motifs is 1. The van der Waals surface area contributed by atoms with Crippen molar-refractivity contribution < 1.29 is 18.3 Å². The number of nitrogens with zero attached hydrogens (tertiary/aromatic N) is 2. The van der Waals surface area contributed by atoms with Crippen LogP contribution in [0.15, 0.2) is 65.6 Å². The van der Waals surface area contributed by atoms with Gasteiger partial charge in [-0.15, -0.1) is 0 Å². The van der Waals surface area contributed by atoms with Gasteiger partial charge in [0, 0.05) is 36.9 Å². The van der Waals surface area contributed by atoms with E-state index in [0.29, 0.717) is 17.6 Å². The molecule has 1 heterocycles. The fourth-order valence-corrected chi connectivity index (χ4v) is 4.31. The molecular formula is C24H23N3O4S. The van der Waals surface area contributed by atoms with E-state index in [0.717, 1.165) is 28.5 Å². The molecule has 1 aromatic heterocycles. The van der Waals surface area contributed by atoms with Gasteiger partial charge in [0.15, 0.2) is 9.84 Å². The summed E-state index contributed by atoms with van der Waals surface area (Å²) in [6, 6.07) is 17.3. The highest BCUT2D eigenvalue weighted by Crippen LogP contribution is 2.29. The van der Waals surface area contributed by atoms with Crippen molar-refractivity contribution in [1.82, 2.24) is 10.2 Å². The molecule has 7 nitrogen and oxygen atoms in total. The van der Waals surface area contributed by atoms with Crippen LogP contribution in [-0.2, 0) is 16.3 Å². The van der Waals surface area contributed by atoms with Crippen LogP contribution < -0.4 is 4.90 Å². The number of aromatic hydroxyl groups is 1. The molecule has 164 valence electrons. The van der Waals surface area contributed by atoms with Gasteiger partial charge in [-0.25, -0.2) is 8.42 Å². The van der Waals surface area contributed by atoms with Gasteiger partial charge in [-0.1, -0.05) is 35.9 Å². The predicted octanol–water partition coefficient (Wildman–Crippen LogP) is 3.85. The molecule has 4 aromatic rings. The highest BCUT2D eigenvalue weighted by Gasteiger charge is 2.21. The molecule has 0 saturated carbocycles. The number of rotatable bonds is 5. The van der Waals surface area contributed by atoms with E-state index in [1.165, 1.54) is 30.1 Å². The first kappa shape index (κ1) is 21.6. The summed E-state index contributed by atoms with van der Waals surface area (Å²) in [4.78, 5) is 14.6. The number of anilines is 1. The first-order valence-corrected chi connectivity index (χ1v) is 11.9. The summed E-state index contributed by atoms with van der Waals surface area (Å²) in [7, 11) is -1.88. The monoisotopic (exact) mass is 449 g/mol. The number of hydrogen-bond acceptors (Lipinski definition) is 5. The number of carbonyl (C=O) groups is 1. The highest BCUT2D eigenvalue weighted by atomic mass is 32.2. The third-order valence-electron chi connectivity index (χ3n) is 5.38. The lowest BCUT2D eigenvalue weighted by Gasteiger charge is -2.19. The minimum Gasteiger partial charge on any atom is -0.507 e. The quantitative estimate of drug-likeness (QED) is 0.482. The number of phenols is 1. The number of aryl methyl sites for hydroxylation is 1. The standard InChI is InChI=1S/C24H23N3O4S/c1-15-6-4-7-16(10-15)11-21-19-13-20(23(28)14-22(19)26-25-21)24(29)27(2)17-8-5-9-18(12-17)32(3,30)31/h4-10,12-14,28H,11H2,1-3H3,(H,25,26). The molecule has 1 amide bonds. The molecule has 0 bridgehead atoms. The summed E-state index contributed by atoms with van der Waals surface area (Å²) in [5.41, 5.74) is 4.15. The maximum atomic E-state index is 13.2. The van der Waals surface area contributed by atoms with Gasteiger partial charge in [-0.3, -0.25) is 9.89 Å². The third kappa shape index (κ3) is 4.22. The molecule has 0 aliphatic carbocycles. The van der Waals surface area contributed by atoms with Crippen LogP contribution in [0.4, 0.5) is 5.69 Å². The predicted molar refractivity (Wildman–Crippen MR) is 124 cm³/mol. The Kier molecular flexibility index (Phi) is 5.48. The van der Waals surface area contributed by atoms with Crippen molar-refractivity contribution in [1.29, 1.82) is 0 Å². The van der Waals surface area contributed by atoms with Gasteiger partial charge in [0.25, 0.3) is 5.91 Å². The van der Waals surface area contributed by atoms with Crippen molar-refractivity contribution in [2.24, 2.45) is 0 Å². The van der Waals surface area contributed by atoms with Crippen LogP contribution in [-0.4, -0.2) is 42.9 Å². The molecular weight excluding hydrogens is 426 g/mol. The lowest BCUT2D eigenvalue weighted by atomic mass is 10.0. The molecule has 0 spiro atoms. The molecule has 2 N–H and O–H groups in total. The number of aromatic amines is 1. The second-order valence-corrected chi connectivity index (χ2v) is 9.90. The second-order valence-electron chi connectivity index (χ2n) is 7.88. The van der Waals surface area contributed by atoms with Crippen molar-refractivity contribution >= 4 is 32.3 Å². The zero-order valence-corrected chi connectivity index (χ0v) is 18.8. The largest absolute Gasteiger partial charge is 0.507 e. The molecule has 0 saturated heterocycles. The van der Waals surface area contributed by atoms with Gasteiger partial charge in [-0.2, -0.15) is 5.10 Å². The molecule has 0 radical (unpaired) electrons. The zero-order valence-electron chi connectivity index (χ0n) is 18.0. The maximum absolute atomic E-state index is 13.2. The molecule has 0 atom stereocenters. The first-order chi connectivity index (χ1) is 15.1. The van der Waals surface area contributed by atoms with E-state index in [4.69, 9.17) is 0 Å². The average Bonchev–Trinajstić information content (AvgIpc) is 3.13. The van der Waals surface area contributed by atoms with E-state index in [2.05, 4.69) is 16.3 Å². The Morgan fingerprint density at radius 2 is 1.84 bits per heavy atom. The first-order valence-electron chi connectivity index (χ1n) is 9.97. The summed E-state index contributed by atoms with van der Waals surface area (Å²) in [6.07, 6.45) is 1.69. The van der Waals surface area contributed by atoms with E-state index < -0.39 is 15.7 Å². The van der Waals surface area contributed by atoms with Crippen LogP contribution in [0.25, 0.3) is 10.9 Å². The Balaban J connectivity index is 1.71. The molecule has 0 aliphatic rings. The Morgan fingerprint density at radius 3 is 2.56 bits per heavy atom. The van der Waals surface area contributed by atoms with Gasteiger partial charge in [0.2, 0.25) is 0 Å². The number of aromatic nitrogens is 2. The van der Waals surface area contributed by atoms with Crippen molar-refractivity contribution in [2.75, 3.05) is 18.2 Å². The van der Waals surface area contributed by atoms with Crippen molar-refractivity contribution in [3.05, 3.63) is 83.0 Å². The van der Waals surface area contributed by atoms with Gasteiger partial charge >= 0.3 is 0 Å². The van der Waals surface area contributed by atoms with E-state index in [1.54, 1.807) is 18.2 Å². The van der Waals surface area contributed by atoms with Crippen LogP contribution in [0.1, 0.15) is 27.2 Å². The fourth-order valence-electron chi connectivity index (χ4n) is 3.65. The van der Waals surface area contributed by atoms with Crippen molar-refractivity contribution in [3.8, 4) is 5.75 Å². The zero-order chi connectivity index (χ0) is 23.0. The van der Waals surface area contributed by atoms with Crippen LogP contribution in [0.3, 0.4) is 0 Å². The molecule has 32 heavy (non-hydrogen) atoms. The topological polar surface area (TPSA) is 103 Å². The van der Waals surface area contributed by atoms with Crippen LogP contribution in [0.2, 0.25) is 0 Å². The Morgan fingerprint density at radius 1 is 1.09 bits per heavy atom. The lowest BCUT2D eigenvalue weighted by molar-refractivity contribution is 0.0990. The van der Waals surface area contributed by atoms with E-state index >= 15 is 0 Å². The van der Waals surface area contributed by atoms with Crippen molar-refractivity contribution in [2.45, 2.75) is 18.2 Å². The van der Waals surface area contributed by atoms with Gasteiger partial charge in [-0.05, 0) is 36.8 Å². The maximum Gasteiger partial charge on any atom is 0.261 e. The Labute approximate surface area is 186 Å². The van der Waals surface area contributed by atoms with Gasteiger partial charge < -0.3 is 10.0 Å². The number of benzene rings is 3. The molecule has 0 unspecified atom stereocenters. The smallest absolute Gasteiger partial charge is 0.261 e. The third-order valence-corrected chi connectivity index (χ3v) is 6.49. The van der Waals surface area contributed by atoms with Gasteiger partial charge in [0.1, 0.15) is 5.75 Å². The highest BCUT2D eigenvalue weighted by molar-refractivity contribution is 7.90. The number of hydrogen-bond donors (Lipinski definition) is 2. The second kappa shape index (κ2) is 8.12. The molecule has 3 aromatic carbocycles. The fraction of sp³-hybridized carbons (Fsp3) is 0.167. The number of sulfone groups is 1. The number of phenolic OH excluding ortho intramolecular Hbond substituents is 1. The molecule has 0 fully saturated rings. The summed E-state index contributed by atoms with van der Waals surface area (Å²) in [5, 5.41) is 18.5. The van der Waals surface area contributed by atoms with Crippen molar-refractivity contribution in [3.63, 3.8) is 0 Å². The van der Waals surface area contributed by atoms with E-state index in [-0.39, 0.29) is 16.2 Å². The van der Waals surface area contributed by atoms with Crippen LogP contribution >= 0.6 is 0 Å². The normalized spacial score (nSPS) is 11.6.